The largest absolute Gasteiger partial charge is 0.488 e. The molecule has 0 saturated heterocycles. The first-order chi connectivity index (χ1) is 8.50. The smallest absolute Gasteiger partial charge is 0.423 e. The van der Waals surface area contributed by atoms with Crippen molar-refractivity contribution < 1.29 is 10.0 Å². The Morgan fingerprint density at radius 2 is 1.78 bits per heavy atom. The van der Waals surface area contributed by atoms with Gasteiger partial charge in [0, 0.05) is 12.6 Å². The molecule has 0 heterocycles. The van der Waals surface area contributed by atoms with E-state index < -0.39 is 7.12 Å². The lowest BCUT2D eigenvalue weighted by Gasteiger charge is -2.16. The fourth-order valence-electron chi connectivity index (χ4n) is 1.92. The molecular formula is C14H24BNO2. The van der Waals surface area contributed by atoms with Gasteiger partial charge in [-0.05, 0) is 36.7 Å². The first kappa shape index (κ1) is 15.2. The SMILES string of the molecule is CC(C)CCC(C)NCc1ccccc1B(O)O. The summed E-state index contributed by atoms with van der Waals surface area (Å²) in [4.78, 5) is 0. The van der Waals surface area contributed by atoms with Crippen LogP contribution in [-0.4, -0.2) is 23.2 Å². The summed E-state index contributed by atoms with van der Waals surface area (Å²) < 4.78 is 0. The molecule has 0 amide bonds. The van der Waals surface area contributed by atoms with Gasteiger partial charge in [-0.15, -0.1) is 0 Å². The second-order valence-electron chi connectivity index (χ2n) is 5.33. The van der Waals surface area contributed by atoms with Crippen molar-refractivity contribution in [2.24, 2.45) is 5.92 Å². The summed E-state index contributed by atoms with van der Waals surface area (Å²) in [5, 5.41) is 22.0. The zero-order valence-electron chi connectivity index (χ0n) is 11.6. The topological polar surface area (TPSA) is 52.5 Å². The summed E-state index contributed by atoms with van der Waals surface area (Å²) in [7, 11) is -1.39. The van der Waals surface area contributed by atoms with Gasteiger partial charge in [0.1, 0.15) is 0 Å². The molecule has 0 aliphatic carbocycles. The summed E-state index contributed by atoms with van der Waals surface area (Å²) in [6.45, 7) is 7.29. The van der Waals surface area contributed by atoms with Gasteiger partial charge in [-0.3, -0.25) is 0 Å². The van der Waals surface area contributed by atoms with Crippen LogP contribution in [0.2, 0.25) is 0 Å². The molecule has 4 heteroatoms. The van der Waals surface area contributed by atoms with Crippen LogP contribution in [-0.2, 0) is 6.54 Å². The lowest BCUT2D eigenvalue weighted by Crippen LogP contribution is -2.36. The van der Waals surface area contributed by atoms with Crippen LogP contribution in [0.1, 0.15) is 39.2 Å². The molecule has 0 radical (unpaired) electrons. The van der Waals surface area contributed by atoms with Crippen molar-refractivity contribution in [2.45, 2.75) is 46.2 Å². The average molecular weight is 249 g/mol. The van der Waals surface area contributed by atoms with Crippen LogP contribution in [0.25, 0.3) is 0 Å². The van der Waals surface area contributed by atoms with Crippen molar-refractivity contribution >= 4 is 12.6 Å². The van der Waals surface area contributed by atoms with Gasteiger partial charge in [0.05, 0.1) is 0 Å². The van der Waals surface area contributed by atoms with Crippen LogP contribution in [0.15, 0.2) is 24.3 Å². The van der Waals surface area contributed by atoms with Crippen molar-refractivity contribution in [3.05, 3.63) is 29.8 Å². The highest BCUT2D eigenvalue weighted by Crippen LogP contribution is 2.07. The molecule has 1 rings (SSSR count). The second-order valence-corrected chi connectivity index (χ2v) is 5.33. The molecule has 100 valence electrons. The molecule has 0 fully saturated rings. The van der Waals surface area contributed by atoms with Gasteiger partial charge in [-0.25, -0.2) is 0 Å². The van der Waals surface area contributed by atoms with E-state index in [0.29, 0.717) is 18.0 Å². The molecule has 1 atom stereocenters. The molecule has 0 aliphatic heterocycles. The highest BCUT2D eigenvalue weighted by Gasteiger charge is 2.15. The van der Waals surface area contributed by atoms with Crippen LogP contribution in [0, 0.1) is 5.92 Å². The van der Waals surface area contributed by atoms with Crippen molar-refractivity contribution in [2.75, 3.05) is 0 Å². The maximum atomic E-state index is 9.27. The van der Waals surface area contributed by atoms with Gasteiger partial charge in [0.15, 0.2) is 0 Å². The molecule has 0 aliphatic rings. The van der Waals surface area contributed by atoms with Crippen LogP contribution in [0.4, 0.5) is 0 Å². The van der Waals surface area contributed by atoms with Gasteiger partial charge in [-0.2, -0.15) is 0 Å². The van der Waals surface area contributed by atoms with E-state index >= 15 is 0 Å². The predicted molar refractivity (Wildman–Crippen MR) is 76.6 cm³/mol. The van der Waals surface area contributed by atoms with Gasteiger partial charge in [0.2, 0.25) is 0 Å². The van der Waals surface area contributed by atoms with E-state index in [1.807, 2.05) is 18.2 Å². The third kappa shape index (κ3) is 5.21. The molecule has 3 nitrogen and oxygen atoms in total. The summed E-state index contributed by atoms with van der Waals surface area (Å²) in [5.41, 5.74) is 1.53. The van der Waals surface area contributed by atoms with Crippen LogP contribution in [0.3, 0.4) is 0 Å². The Morgan fingerprint density at radius 1 is 1.11 bits per heavy atom. The zero-order valence-corrected chi connectivity index (χ0v) is 11.6. The molecule has 0 spiro atoms. The molecule has 0 bridgehead atoms. The maximum Gasteiger partial charge on any atom is 0.488 e. The second kappa shape index (κ2) is 7.57. The summed E-state index contributed by atoms with van der Waals surface area (Å²) in [6.07, 6.45) is 2.35. The Hall–Kier alpha value is -0.835. The summed E-state index contributed by atoms with van der Waals surface area (Å²) in [5.74, 6) is 0.723. The molecule has 1 aromatic carbocycles. The van der Waals surface area contributed by atoms with Crippen LogP contribution >= 0.6 is 0 Å². The third-order valence-corrected chi connectivity index (χ3v) is 3.15. The Morgan fingerprint density at radius 3 is 2.39 bits per heavy atom. The van der Waals surface area contributed by atoms with E-state index in [0.717, 1.165) is 17.9 Å². The fraction of sp³-hybridized carbons (Fsp3) is 0.571. The lowest BCUT2D eigenvalue weighted by atomic mass is 9.77. The maximum absolute atomic E-state index is 9.27. The quantitative estimate of drug-likeness (QED) is 0.638. The molecule has 18 heavy (non-hydrogen) atoms. The average Bonchev–Trinajstić information content (AvgIpc) is 2.34. The first-order valence-corrected chi connectivity index (χ1v) is 6.68. The van der Waals surface area contributed by atoms with E-state index in [9.17, 15) is 10.0 Å². The zero-order chi connectivity index (χ0) is 13.5. The molecule has 1 unspecified atom stereocenters. The van der Waals surface area contributed by atoms with Gasteiger partial charge in [-0.1, -0.05) is 38.1 Å². The summed E-state index contributed by atoms with van der Waals surface area (Å²) >= 11 is 0. The van der Waals surface area contributed by atoms with E-state index in [4.69, 9.17) is 0 Å². The number of benzene rings is 1. The predicted octanol–water partition coefficient (Wildman–Crippen LogP) is 1.28. The van der Waals surface area contributed by atoms with Crippen LogP contribution in [0.5, 0.6) is 0 Å². The van der Waals surface area contributed by atoms with Crippen LogP contribution < -0.4 is 10.8 Å². The van der Waals surface area contributed by atoms with E-state index in [-0.39, 0.29) is 0 Å². The Kier molecular flexibility index (Phi) is 6.40. The van der Waals surface area contributed by atoms with E-state index in [1.54, 1.807) is 6.07 Å². The Bertz CT molecular complexity index is 355. The number of rotatable bonds is 7. The Balaban J connectivity index is 2.48. The molecule has 3 N–H and O–H groups in total. The van der Waals surface area contributed by atoms with E-state index in [2.05, 4.69) is 26.1 Å². The number of hydrogen-bond acceptors (Lipinski definition) is 3. The van der Waals surface area contributed by atoms with E-state index in [1.165, 1.54) is 6.42 Å². The highest BCUT2D eigenvalue weighted by molar-refractivity contribution is 6.59. The normalized spacial score (nSPS) is 12.8. The summed E-state index contributed by atoms with van der Waals surface area (Å²) in [6, 6.07) is 7.86. The molecule has 0 saturated carbocycles. The van der Waals surface area contributed by atoms with Crippen molar-refractivity contribution in [3.63, 3.8) is 0 Å². The monoisotopic (exact) mass is 249 g/mol. The third-order valence-electron chi connectivity index (χ3n) is 3.15. The Labute approximate surface area is 110 Å². The van der Waals surface area contributed by atoms with Gasteiger partial charge >= 0.3 is 7.12 Å². The fourth-order valence-corrected chi connectivity index (χ4v) is 1.92. The highest BCUT2D eigenvalue weighted by atomic mass is 16.4. The van der Waals surface area contributed by atoms with Crippen molar-refractivity contribution in [1.82, 2.24) is 5.32 Å². The minimum absolute atomic E-state index is 0.441. The minimum atomic E-state index is -1.39. The minimum Gasteiger partial charge on any atom is -0.423 e. The lowest BCUT2D eigenvalue weighted by molar-refractivity contribution is 0.424. The first-order valence-electron chi connectivity index (χ1n) is 6.68. The number of nitrogens with one attached hydrogen (secondary N) is 1. The molecule has 0 aromatic heterocycles. The van der Waals surface area contributed by atoms with Crippen molar-refractivity contribution in [3.8, 4) is 0 Å². The van der Waals surface area contributed by atoms with Gasteiger partial charge in [0.25, 0.3) is 0 Å². The number of hydrogen-bond donors (Lipinski definition) is 3. The standard InChI is InChI=1S/C14H24BNO2/c1-11(2)8-9-12(3)16-10-13-6-4-5-7-14(13)15(17)18/h4-7,11-12,16-18H,8-10H2,1-3H3. The van der Waals surface area contributed by atoms with Crippen molar-refractivity contribution in [1.29, 1.82) is 0 Å². The molecular weight excluding hydrogens is 225 g/mol. The molecule has 1 aromatic rings. The van der Waals surface area contributed by atoms with Gasteiger partial charge < -0.3 is 15.4 Å².